The van der Waals surface area contributed by atoms with Crippen LogP contribution < -0.4 is 33.2 Å². The van der Waals surface area contributed by atoms with Crippen molar-refractivity contribution in [1.29, 1.82) is 0 Å². The minimum Gasteiger partial charge on any atom is -0.480 e. The van der Waals surface area contributed by atoms with Crippen molar-refractivity contribution in [2.75, 3.05) is 13.1 Å². The molecule has 0 aromatic rings. The maximum Gasteiger partial charge on any atom is 0.326 e. The zero-order valence-corrected chi connectivity index (χ0v) is 18.2. The number of hydrogen-bond donors (Lipinski definition) is 7. The molecule has 10 N–H and O–H groups in total. The summed E-state index contributed by atoms with van der Waals surface area (Å²) in [6.45, 7) is 3.49. The van der Waals surface area contributed by atoms with Gasteiger partial charge in [0.15, 0.2) is 0 Å². The van der Waals surface area contributed by atoms with Crippen LogP contribution in [-0.4, -0.2) is 65.9 Å². The van der Waals surface area contributed by atoms with Crippen molar-refractivity contribution >= 4 is 29.6 Å². The van der Waals surface area contributed by atoms with Crippen LogP contribution in [-0.2, 0) is 24.0 Å². The van der Waals surface area contributed by atoms with Crippen LogP contribution in [0.3, 0.4) is 0 Å². The van der Waals surface area contributed by atoms with Gasteiger partial charge in [0.2, 0.25) is 23.6 Å². The van der Waals surface area contributed by atoms with Crippen molar-refractivity contribution in [3.63, 3.8) is 0 Å². The summed E-state index contributed by atoms with van der Waals surface area (Å²) >= 11 is 0. The molecule has 12 heteroatoms. The number of unbranched alkanes of at least 4 members (excludes halogenated alkanes) is 1. The van der Waals surface area contributed by atoms with Crippen molar-refractivity contribution in [3.05, 3.63) is 0 Å². The van der Waals surface area contributed by atoms with Gasteiger partial charge in [0, 0.05) is 6.42 Å². The predicted octanol–water partition coefficient (Wildman–Crippen LogP) is -2.08. The van der Waals surface area contributed by atoms with Crippen LogP contribution in [0.25, 0.3) is 0 Å². The molecule has 4 atom stereocenters. The summed E-state index contributed by atoms with van der Waals surface area (Å²) in [5.74, 6) is -3.95. The molecule has 0 aliphatic carbocycles. The van der Waals surface area contributed by atoms with Gasteiger partial charge in [-0.2, -0.15) is 0 Å². The summed E-state index contributed by atoms with van der Waals surface area (Å²) < 4.78 is 0. The number of carboxylic acids is 1. The molecular formula is C19H36N6O6. The number of carbonyl (C=O) groups is 5. The smallest absolute Gasteiger partial charge is 0.326 e. The van der Waals surface area contributed by atoms with Crippen LogP contribution in [0.2, 0.25) is 0 Å². The van der Waals surface area contributed by atoms with E-state index in [1.807, 2.05) is 6.92 Å². The van der Waals surface area contributed by atoms with E-state index < -0.39 is 54.3 Å². The van der Waals surface area contributed by atoms with E-state index in [1.54, 1.807) is 6.92 Å². The predicted molar refractivity (Wildman–Crippen MR) is 113 cm³/mol. The number of primary amides is 1. The van der Waals surface area contributed by atoms with Crippen molar-refractivity contribution in [2.45, 2.75) is 70.5 Å². The second kappa shape index (κ2) is 15.1. The van der Waals surface area contributed by atoms with Crippen LogP contribution >= 0.6 is 0 Å². The fourth-order valence-corrected chi connectivity index (χ4v) is 2.67. The number of nitrogens with one attached hydrogen (secondary N) is 3. The molecule has 0 aromatic heterocycles. The standard InChI is InChI=1S/C19H36N6O6/c1-3-11(2)16(19(30)31)25-18(29)13(6-4-5-9-20)24-15(27)10-23-17(28)12(21)7-8-14(22)26/h11-13,16H,3-10,20-21H2,1-2H3,(H2,22,26)(H,23,28)(H,24,27)(H,25,29)(H,30,31). The fourth-order valence-electron chi connectivity index (χ4n) is 2.67. The molecule has 0 saturated heterocycles. The zero-order valence-electron chi connectivity index (χ0n) is 18.2. The zero-order chi connectivity index (χ0) is 24.0. The fraction of sp³-hybridized carbons (Fsp3) is 0.737. The summed E-state index contributed by atoms with van der Waals surface area (Å²) in [5.41, 5.74) is 16.1. The highest BCUT2D eigenvalue weighted by atomic mass is 16.4. The molecular weight excluding hydrogens is 408 g/mol. The number of carbonyl (C=O) groups excluding carboxylic acids is 4. The second-order valence-corrected chi connectivity index (χ2v) is 7.44. The molecule has 0 aliphatic heterocycles. The average molecular weight is 445 g/mol. The van der Waals surface area contributed by atoms with E-state index in [-0.39, 0.29) is 25.2 Å². The third-order valence-corrected chi connectivity index (χ3v) is 4.84. The number of aliphatic carboxylic acids is 1. The van der Waals surface area contributed by atoms with Gasteiger partial charge in [-0.15, -0.1) is 0 Å². The highest BCUT2D eigenvalue weighted by molar-refractivity contribution is 5.92. The van der Waals surface area contributed by atoms with Crippen LogP contribution in [0.15, 0.2) is 0 Å². The van der Waals surface area contributed by atoms with Gasteiger partial charge in [-0.25, -0.2) is 4.79 Å². The lowest BCUT2D eigenvalue weighted by molar-refractivity contribution is -0.143. The van der Waals surface area contributed by atoms with Gasteiger partial charge in [0.05, 0.1) is 12.6 Å². The second-order valence-electron chi connectivity index (χ2n) is 7.44. The molecule has 31 heavy (non-hydrogen) atoms. The Morgan fingerprint density at radius 2 is 1.65 bits per heavy atom. The summed E-state index contributed by atoms with van der Waals surface area (Å²) in [6.07, 6.45) is 1.94. The van der Waals surface area contributed by atoms with Gasteiger partial charge in [-0.3, -0.25) is 19.2 Å². The van der Waals surface area contributed by atoms with E-state index in [1.165, 1.54) is 0 Å². The topological polar surface area (TPSA) is 220 Å². The summed E-state index contributed by atoms with van der Waals surface area (Å²) in [6, 6.07) is -3.07. The summed E-state index contributed by atoms with van der Waals surface area (Å²) in [4.78, 5) is 59.0. The molecule has 0 spiro atoms. The molecule has 0 heterocycles. The lowest BCUT2D eigenvalue weighted by Crippen LogP contribution is -2.55. The molecule has 0 radical (unpaired) electrons. The Hall–Kier alpha value is -2.73. The Bertz CT molecular complexity index is 629. The van der Waals surface area contributed by atoms with E-state index in [4.69, 9.17) is 17.2 Å². The minimum atomic E-state index is -1.16. The lowest BCUT2D eigenvalue weighted by atomic mass is 9.98. The number of nitrogens with two attached hydrogens (primary N) is 3. The molecule has 178 valence electrons. The Kier molecular flexibility index (Phi) is 13.8. The summed E-state index contributed by atoms with van der Waals surface area (Å²) in [7, 11) is 0. The van der Waals surface area contributed by atoms with Gasteiger partial charge in [0.1, 0.15) is 12.1 Å². The van der Waals surface area contributed by atoms with E-state index in [9.17, 15) is 29.1 Å². The quantitative estimate of drug-likeness (QED) is 0.131. The molecule has 0 aromatic carbocycles. The van der Waals surface area contributed by atoms with E-state index in [2.05, 4.69) is 16.0 Å². The average Bonchev–Trinajstić information content (AvgIpc) is 2.72. The molecule has 12 nitrogen and oxygen atoms in total. The van der Waals surface area contributed by atoms with Gasteiger partial charge in [-0.05, 0) is 38.1 Å². The van der Waals surface area contributed by atoms with Crippen LogP contribution in [0.5, 0.6) is 0 Å². The van der Waals surface area contributed by atoms with Crippen LogP contribution in [0.4, 0.5) is 0 Å². The van der Waals surface area contributed by atoms with Gasteiger partial charge in [-0.1, -0.05) is 20.3 Å². The van der Waals surface area contributed by atoms with Gasteiger partial charge < -0.3 is 38.3 Å². The minimum absolute atomic E-state index is 0.0408. The van der Waals surface area contributed by atoms with E-state index in [0.29, 0.717) is 25.8 Å². The molecule has 4 amide bonds. The molecule has 0 saturated carbocycles. The first-order valence-corrected chi connectivity index (χ1v) is 10.4. The Balaban J connectivity index is 4.91. The highest BCUT2D eigenvalue weighted by Crippen LogP contribution is 2.09. The largest absolute Gasteiger partial charge is 0.480 e. The Morgan fingerprint density at radius 1 is 1.00 bits per heavy atom. The van der Waals surface area contributed by atoms with Gasteiger partial charge in [0.25, 0.3) is 0 Å². The highest BCUT2D eigenvalue weighted by Gasteiger charge is 2.29. The Labute approximate surface area is 182 Å². The van der Waals surface area contributed by atoms with E-state index >= 15 is 0 Å². The maximum atomic E-state index is 12.6. The lowest BCUT2D eigenvalue weighted by Gasteiger charge is -2.24. The monoisotopic (exact) mass is 444 g/mol. The number of carboxylic acid groups (broad SMARTS) is 1. The van der Waals surface area contributed by atoms with Crippen LogP contribution in [0.1, 0.15) is 52.4 Å². The maximum absolute atomic E-state index is 12.6. The number of rotatable bonds is 16. The van der Waals surface area contributed by atoms with Crippen LogP contribution in [0, 0.1) is 5.92 Å². The first kappa shape index (κ1) is 28.3. The summed E-state index contributed by atoms with van der Waals surface area (Å²) in [5, 5.41) is 16.7. The molecule has 0 rings (SSSR count). The van der Waals surface area contributed by atoms with Crippen molar-refractivity contribution < 1.29 is 29.1 Å². The number of amides is 4. The van der Waals surface area contributed by atoms with Crippen molar-refractivity contribution in [2.24, 2.45) is 23.1 Å². The molecule has 0 bridgehead atoms. The van der Waals surface area contributed by atoms with Crippen molar-refractivity contribution in [3.8, 4) is 0 Å². The first-order valence-electron chi connectivity index (χ1n) is 10.4. The normalized spacial score (nSPS) is 14.6. The van der Waals surface area contributed by atoms with E-state index in [0.717, 1.165) is 0 Å². The van der Waals surface area contributed by atoms with Gasteiger partial charge >= 0.3 is 5.97 Å². The molecule has 0 fully saturated rings. The number of hydrogen-bond acceptors (Lipinski definition) is 7. The Morgan fingerprint density at radius 3 is 2.16 bits per heavy atom. The first-order chi connectivity index (χ1) is 14.5. The molecule has 4 unspecified atom stereocenters. The molecule has 0 aliphatic rings. The third kappa shape index (κ3) is 11.9. The van der Waals surface area contributed by atoms with Crippen molar-refractivity contribution in [1.82, 2.24) is 16.0 Å². The SMILES string of the molecule is CCC(C)C(NC(=O)C(CCCCN)NC(=O)CNC(=O)C(N)CCC(N)=O)C(=O)O. The third-order valence-electron chi connectivity index (χ3n) is 4.84.